The molecule has 4 nitrogen and oxygen atoms in total. The lowest BCUT2D eigenvalue weighted by Gasteiger charge is -2.08. The highest BCUT2D eigenvalue weighted by atomic mass is 16.5. The van der Waals surface area contributed by atoms with Gasteiger partial charge in [-0.05, 0) is 49.9 Å². The van der Waals surface area contributed by atoms with Gasteiger partial charge in [0.05, 0.1) is 0 Å². The number of nitrogens with zero attached hydrogens (tertiary/aromatic N) is 2. The third-order valence-corrected chi connectivity index (χ3v) is 4.58. The van der Waals surface area contributed by atoms with Crippen molar-refractivity contribution >= 4 is 5.69 Å². The summed E-state index contributed by atoms with van der Waals surface area (Å²) in [5.74, 6) is 1.92. The minimum absolute atomic E-state index is 0.451. The molecule has 0 amide bonds. The number of hydrogen-bond acceptors (Lipinski definition) is 4. The first-order valence-corrected chi connectivity index (χ1v) is 7.86. The molecule has 3 rings (SSSR count). The van der Waals surface area contributed by atoms with Gasteiger partial charge in [0.15, 0.2) is 5.82 Å². The van der Waals surface area contributed by atoms with Crippen LogP contribution in [0.15, 0.2) is 16.7 Å². The molecule has 0 atom stereocenters. The fourth-order valence-corrected chi connectivity index (χ4v) is 3.16. The molecule has 2 aromatic rings. The summed E-state index contributed by atoms with van der Waals surface area (Å²) in [4.78, 5) is 4.66. The summed E-state index contributed by atoms with van der Waals surface area (Å²) in [6.45, 7) is 4.12. The van der Waals surface area contributed by atoms with Gasteiger partial charge in [-0.25, -0.2) is 0 Å². The third kappa shape index (κ3) is 2.94. The normalized spacial score (nSPS) is 16.9. The molecule has 1 saturated carbocycles. The van der Waals surface area contributed by atoms with Gasteiger partial charge >= 0.3 is 0 Å². The number of anilines is 1. The van der Waals surface area contributed by atoms with E-state index in [0.29, 0.717) is 11.8 Å². The smallest absolute Gasteiger partial charge is 0.258 e. The number of rotatable bonds is 2. The molecule has 1 aliphatic carbocycles. The molecule has 0 unspecified atom stereocenters. The van der Waals surface area contributed by atoms with Gasteiger partial charge in [-0.2, -0.15) is 4.98 Å². The van der Waals surface area contributed by atoms with Gasteiger partial charge in [0.25, 0.3) is 5.89 Å². The van der Waals surface area contributed by atoms with Gasteiger partial charge < -0.3 is 10.3 Å². The van der Waals surface area contributed by atoms with Gasteiger partial charge in [0.1, 0.15) is 0 Å². The number of hydrogen-bond donors (Lipinski definition) is 1. The predicted molar refractivity (Wildman–Crippen MR) is 84.1 cm³/mol. The zero-order valence-electron chi connectivity index (χ0n) is 12.9. The molecule has 1 fully saturated rings. The van der Waals surface area contributed by atoms with E-state index in [0.717, 1.165) is 28.2 Å². The standard InChI is InChI=1S/C17H23N3O/c1-11-9-14(18)10-15(12(11)2)17-19-16(20-21-17)13-7-5-3-4-6-8-13/h9-10,13H,3-8,18H2,1-2H3. The maximum Gasteiger partial charge on any atom is 0.258 e. The summed E-state index contributed by atoms with van der Waals surface area (Å²) in [6.07, 6.45) is 7.54. The van der Waals surface area contributed by atoms with Crippen LogP contribution in [0.3, 0.4) is 0 Å². The Labute approximate surface area is 125 Å². The maximum absolute atomic E-state index is 5.95. The van der Waals surface area contributed by atoms with Crippen LogP contribution in [0.1, 0.15) is 61.4 Å². The first-order valence-electron chi connectivity index (χ1n) is 7.86. The van der Waals surface area contributed by atoms with Crippen LogP contribution in [0.25, 0.3) is 11.5 Å². The fraction of sp³-hybridized carbons (Fsp3) is 0.529. The lowest BCUT2D eigenvalue weighted by molar-refractivity contribution is 0.409. The second kappa shape index (κ2) is 5.88. The van der Waals surface area contributed by atoms with Crippen LogP contribution in [0.5, 0.6) is 0 Å². The van der Waals surface area contributed by atoms with Gasteiger partial charge in [-0.1, -0.05) is 30.8 Å². The topological polar surface area (TPSA) is 64.9 Å². The molecule has 1 aromatic carbocycles. The highest BCUT2D eigenvalue weighted by Gasteiger charge is 2.21. The van der Waals surface area contributed by atoms with E-state index in [4.69, 9.17) is 10.3 Å². The molecule has 1 aromatic heterocycles. The van der Waals surface area contributed by atoms with Crippen LogP contribution < -0.4 is 5.73 Å². The molecule has 0 aliphatic heterocycles. The van der Waals surface area contributed by atoms with E-state index in [1.165, 1.54) is 38.5 Å². The Morgan fingerprint density at radius 2 is 1.81 bits per heavy atom. The van der Waals surface area contributed by atoms with Crippen molar-refractivity contribution < 1.29 is 4.52 Å². The first-order chi connectivity index (χ1) is 10.1. The molecule has 1 aliphatic rings. The second-order valence-corrected chi connectivity index (χ2v) is 6.16. The van der Waals surface area contributed by atoms with E-state index in [2.05, 4.69) is 24.0 Å². The second-order valence-electron chi connectivity index (χ2n) is 6.16. The Balaban J connectivity index is 1.91. The zero-order chi connectivity index (χ0) is 14.8. The lowest BCUT2D eigenvalue weighted by Crippen LogP contribution is -1.99. The summed E-state index contributed by atoms with van der Waals surface area (Å²) >= 11 is 0. The molecule has 112 valence electrons. The van der Waals surface area contributed by atoms with Crippen molar-refractivity contribution in [1.29, 1.82) is 0 Å². The summed E-state index contributed by atoms with van der Waals surface area (Å²) in [5, 5.41) is 4.23. The van der Waals surface area contributed by atoms with E-state index >= 15 is 0 Å². The van der Waals surface area contributed by atoms with Crippen LogP contribution >= 0.6 is 0 Å². The largest absolute Gasteiger partial charge is 0.399 e. The Hall–Kier alpha value is -1.84. The summed E-state index contributed by atoms with van der Waals surface area (Å²) in [7, 11) is 0. The molecule has 0 radical (unpaired) electrons. The van der Waals surface area contributed by atoms with E-state index in [1.54, 1.807) is 0 Å². The van der Waals surface area contributed by atoms with Crippen molar-refractivity contribution in [3.05, 3.63) is 29.1 Å². The highest BCUT2D eigenvalue weighted by Crippen LogP contribution is 2.32. The van der Waals surface area contributed by atoms with Crippen LogP contribution in [0, 0.1) is 13.8 Å². The molecule has 21 heavy (non-hydrogen) atoms. The SMILES string of the molecule is Cc1cc(N)cc(-c2nc(C3CCCCCC3)no2)c1C. The Bertz CT molecular complexity index is 625. The van der Waals surface area contributed by atoms with Gasteiger partial charge in [0, 0.05) is 17.2 Å². The van der Waals surface area contributed by atoms with Gasteiger partial charge in [0.2, 0.25) is 0 Å². The Morgan fingerprint density at radius 3 is 2.52 bits per heavy atom. The Kier molecular flexibility index (Phi) is 3.95. The molecule has 0 saturated heterocycles. The number of nitrogens with two attached hydrogens (primary N) is 1. The highest BCUT2D eigenvalue weighted by molar-refractivity contribution is 5.66. The zero-order valence-corrected chi connectivity index (χ0v) is 12.9. The molecule has 2 N–H and O–H groups in total. The number of nitrogen functional groups attached to an aromatic ring is 1. The van der Waals surface area contributed by atoms with Crippen molar-refractivity contribution in [2.24, 2.45) is 0 Å². The first kappa shape index (κ1) is 14.1. The van der Waals surface area contributed by atoms with Crippen molar-refractivity contribution in [2.45, 2.75) is 58.3 Å². The van der Waals surface area contributed by atoms with Gasteiger partial charge in [-0.3, -0.25) is 0 Å². The van der Waals surface area contributed by atoms with Crippen LogP contribution in [0.2, 0.25) is 0 Å². The number of benzene rings is 1. The fourth-order valence-electron chi connectivity index (χ4n) is 3.16. The summed E-state index contributed by atoms with van der Waals surface area (Å²) in [6, 6.07) is 3.90. The van der Waals surface area contributed by atoms with Crippen molar-refractivity contribution in [1.82, 2.24) is 10.1 Å². The molecule has 0 spiro atoms. The van der Waals surface area contributed by atoms with Crippen molar-refractivity contribution in [2.75, 3.05) is 5.73 Å². The summed E-state index contributed by atoms with van der Waals surface area (Å²) in [5.41, 5.74) is 9.95. The van der Waals surface area contributed by atoms with E-state index in [1.807, 2.05) is 12.1 Å². The quantitative estimate of drug-likeness (QED) is 0.657. The van der Waals surface area contributed by atoms with Crippen LogP contribution in [-0.4, -0.2) is 10.1 Å². The minimum atomic E-state index is 0.451. The van der Waals surface area contributed by atoms with Crippen LogP contribution in [-0.2, 0) is 0 Å². The van der Waals surface area contributed by atoms with E-state index in [-0.39, 0.29) is 0 Å². The molecule has 1 heterocycles. The van der Waals surface area contributed by atoms with Crippen molar-refractivity contribution in [3.8, 4) is 11.5 Å². The van der Waals surface area contributed by atoms with Crippen molar-refractivity contribution in [3.63, 3.8) is 0 Å². The lowest BCUT2D eigenvalue weighted by atomic mass is 9.99. The molecule has 4 heteroatoms. The number of aromatic nitrogens is 2. The maximum atomic E-state index is 5.95. The molecular weight excluding hydrogens is 262 g/mol. The monoisotopic (exact) mass is 285 g/mol. The predicted octanol–water partition coefficient (Wildman–Crippen LogP) is 4.37. The van der Waals surface area contributed by atoms with Crippen LogP contribution in [0.4, 0.5) is 5.69 Å². The molecule has 0 bridgehead atoms. The summed E-state index contributed by atoms with van der Waals surface area (Å²) < 4.78 is 5.52. The third-order valence-electron chi connectivity index (χ3n) is 4.58. The number of aryl methyl sites for hydroxylation is 1. The van der Waals surface area contributed by atoms with E-state index in [9.17, 15) is 0 Å². The average molecular weight is 285 g/mol. The molecular formula is C17H23N3O. The minimum Gasteiger partial charge on any atom is -0.399 e. The van der Waals surface area contributed by atoms with E-state index < -0.39 is 0 Å². The Morgan fingerprint density at radius 1 is 1.10 bits per heavy atom. The average Bonchev–Trinajstić information content (AvgIpc) is 2.78. The van der Waals surface area contributed by atoms with Gasteiger partial charge in [-0.15, -0.1) is 0 Å².